The van der Waals surface area contributed by atoms with Crippen molar-refractivity contribution in [1.29, 1.82) is 0 Å². The van der Waals surface area contributed by atoms with Crippen LogP contribution in [0.1, 0.15) is 40.2 Å². The second-order valence-electron chi connectivity index (χ2n) is 9.08. The van der Waals surface area contributed by atoms with Crippen LogP contribution in [0.25, 0.3) is 0 Å². The Morgan fingerprint density at radius 3 is 2.73 bits per heavy atom. The lowest BCUT2D eigenvalue weighted by Gasteiger charge is -2.41. The van der Waals surface area contributed by atoms with Gasteiger partial charge in [0.15, 0.2) is 12.0 Å². The Labute approximate surface area is 178 Å². The number of likely N-dealkylation sites (N-methyl/N-ethyl adjacent to an activating group) is 1. The van der Waals surface area contributed by atoms with Crippen LogP contribution in [0.3, 0.4) is 0 Å². The molecule has 5 rings (SSSR count). The van der Waals surface area contributed by atoms with Crippen LogP contribution in [0.15, 0.2) is 42.5 Å². The predicted molar refractivity (Wildman–Crippen MR) is 120 cm³/mol. The number of halogens is 1. The van der Waals surface area contributed by atoms with Crippen molar-refractivity contribution in [3.05, 3.63) is 59.2 Å². The number of piperidine rings is 1. The molecular formula is C25H30FN3O. The molecule has 0 radical (unpaired) electrons. The molecule has 158 valence electrons. The summed E-state index contributed by atoms with van der Waals surface area (Å²) in [5, 5.41) is 0. The number of anilines is 2. The summed E-state index contributed by atoms with van der Waals surface area (Å²) in [6, 6.07) is 14.4. The van der Waals surface area contributed by atoms with Crippen LogP contribution in [0.5, 0.6) is 0 Å². The zero-order valence-electron chi connectivity index (χ0n) is 17.9. The Kier molecular flexibility index (Phi) is 5.02. The third-order valence-corrected chi connectivity index (χ3v) is 7.20. The Balaban J connectivity index is 1.25. The first-order valence-electron chi connectivity index (χ1n) is 11.1. The summed E-state index contributed by atoms with van der Waals surface area (Å²) in [5.74, 6) is 0.0897. The van der Waals surface area contributed by atoms with Crippen LogP contribution < -0.4 is 9.80 Å². The minimum Gasteiger partial charge on any atom is -0.371 e. The number of aryl methyl sites for hydroxylation is 1. The van der Waals surface area contributed by atoms with Crippen molar-refractivity contribution in [2.24, 2.45) is 0 Å². The molecule has 0 spiro atoms. The van der Waals surface area contributed by atoms with E-state index in [2.05, 4.69) is 39.9 Å². The summed E-state index contributed by atoms with van der Waals surface area (Å²) < 4.78 is 14.7. The average molecular weight is 408 g/mol. The molecule has 2 aromatic rings. The summed E-state index contributed by atoms with van der Waals surface area (Å²) in [7, 11) is 2.17. The highest BCUT2D eigenvalue weighted by atomic mass is 19.1. The van der Waals surface area contributed by atoms with E-state index in [1.54, 1.807) is 12.1 Å². The van der Waals surface area contributed by atoms with Crippen LogP contribution in [0.2, 0.25) is 0 Å². The molecule has 1 saturated heterocycles. The molecule has 0 aromatic heterocycles. The van der Waals surface area contributed by atoms with Crippen LogP contribution in [0, 0.1) is 6.92 Å². The van der Waals surface area contributed by atoms with E-state index < -0.39 is 6.17 Å². The Bertz CT molecular complexity index is 944. The predicted octanol–water partition coefficient (Wildman–Crippen LogP) is 4.03. The van der Waals surface area contributed by atoms with Crippen molar-refractivity contribution in [3.63, 3.8) is 0 Å². The van der Waals surface area contributed by atoms with Crippen LogP contribution in [-0.2, 0) is 0 Å². The number of benzene rings is 2. The average Bonchev–Trinajstić information content (AvgIpc) is 3.09. The summed E-state index contributed by atoms with van der Waals surface area (Å²) in [4.78, 5) is 19.8. The summed E-state index contributed by atoms with van der Waals surface area (Å²) in [6.45, 7) is 6.67. The van der Waals surface area contributed by atoms with Gasteiger partial charge in [0, 0.05) is 57.3 Å². The van der Waals surface area contributed by atoms with E-state index in [4.69, 9.17) is 0 Å². The summed E-state index contributed by atoms with van der Waals surface area (Å²) in [6.07, 6.45) is -0.0606. The van der Waals surface area contributed by atoms with E-state index in [0.29, 0.717) is 24.1 Å². The summed E-state index contributed by atoms with van der Waals surface area (Å²) in [5.41, 5.74) is 5.76. The second-order valence-corrected chi connectivity index (χ2v) is 9.08. The largest absolute Gasteiger partial charge is 0.371 e. The second kappa shape index (κ2) is 7.69. The van der Waals surface area contributed by atoms with Gasteiger partial charge in [-0.05, 0) is 31.4 Å². The molecule has 3 heterocycles. The Morgan fingerprint density at radius 1 is 1.13 bits per heavy atom. The molecule has 3 atom stereocenters. The highest BCUT2D eigenvalue weighted by Crippen LogP contribution is 2.50. The molecule has 3 aliphatic rings. The molecule has 4 nitrogen and oxygen atoms in total. The SMILES string of the molecule is Cc1ccc(C(=O)C(F)CCN2CC[C@H]3[C@@H](C2)c2cccc4c2N3CCN4C)cc1. The number of hydrogen-bond donors (Lipinski definition) is 0. The van der Waals surface area contributed by atoms with E-state index >= 15 is 0 Å². The molecule has 0 saturated carbocycles. The maximum Gasteiger partial charge on any atom is 0.196 e. The number of Topliss-reactive ketones (excluding diaryl/α,β-unsaturated/α-hetero) is 1. The highest BCUT2D eigenvalue weighted by Gasteiger charge is 2.44. The topological polar surface area (TPSA) is 26.8 Å². The zero-order chi connectivity index (χ0) is 20.8. The molecule has 5 heteroatoms. The third kappa shape index (κ3) is 3.29. The highest BCUT2D eigenvalue weighted by molar-refractivity contribution is 5.99. The first-order valence-corrected chi connectivity index (χ1v) is 11.1. The Morgan fingerprint density at radius 2 is 1.93 bits per heavy atom. The lowest BCUT2D eigenvalue weighted by molar-refractivity contribution is 0.0845. The van der Waals surface area contributed by atoms with Crippen molar-refractivity contribution in [2.45, 2.75) is 37.9 Å². The van der Waals surface area contributed by atoms with Crippen molar-refractivity contribution < 1.29 is 9.18 Å². The molecule has 0 amide bonds. The van der Waals surface area contributed by atoms with Gasteiger partial charge in [-0.25, -0.2) is 4.39 Å². The van der Waals surface area contributed by atoms with Crippen molar-refractivity contribution in [3.8, 4) is 0 Å². The molecular weight excluding hydrogens is 377 g/mol. The Hall–Kier alpha value is -2.40. The zero-order valence-corrected chi connectivity index (χ0v) is 17.9. The maximum atomic E-state index is 14.7. The number of carbonyl (C=O) groups is 1. The van der Waals surface area contributed by atoms with Gasteiger partial charge < -0.3 is 14.7 Å². The normalized spacial score (nSPS) is 23.8. The number of nitrogens with zero attached hydrogens (tertiary/aromatic N) is 3. The monoisotopic (exact) mass is 407 g/mol. The van der Waals surface area contributed by atoms with E-state index in [9.17, 15) is 9.18 Å². The fourth-order valence-electron chi connectivity index (χ4n) is 5.51. The molecule has 2 aromatic carbocycles. The maximum absolute atomic E-state index is 14.7. The summed E-state index contributed by atoms with van der Waals surface area (Å²) >= 11 is 0. The van der Waals surface area contributed by atoms with E-state index in [-0.39, 0.29) is 12.2 Å². The molecule has 3 aliphatic heterocycles. The van der Waals surface area contributed by atoms with Gasteiger partial charge in [0.05, 0.1) is 11.4 Å². The van der Waals surface area contributed by atoms with Gasteiger partial charge in [0.2, 0.25) is 0 Å². The van der Waals surface area contributed by atoms with Gasteiger partial charge in [-0.2, -0.15) is 0 Å². The van der Waals surface area contributed by atoms with Crippen molar-refractivity contribution in [1.82, 2.24) is 4.90 Å². The van der Waals surface area contributed by atoms with Crippen molar-refractivity contribution >= 4 is 17.2 Å². The van der Waals surface area contributed by atoms with E-state index in [0.717, 1.165) is 38.2 Å². The van der Waals surface area contributed by atoms with Crippen LogP contribution in [0.4, 0.5) is 15.8 Å². The number of fused-ring (bicyclic) bond motifs is 3. The fraction of sp³-hybridized carbons (Fsp3) is 0.480. The molecule has 0 N–H and O–H groups in total. The van der Waals surface area contributed by atoms with Crippen LogP contribution in [-0.4, -0.2) is 62.7 Å². The van der Waals surface area contributed by atoms with Gasteiger partial charge >= 0.3 is 0 Å². The molecule has 1 fully saturated rings. The first-order chi connectivity index (χ1) is 14.5. The minimum absolute atomic E-state index is 0.267. The van der Waals surface area contributed by atoms with Gasteiger partial charge in [-0.1, -0.05) is 42.0 Å². The number of para-hydroxylation sites is 1. The van der Waals surface area contributed by atoms with Crippen molar-refractivity contribution in [2.75, 3.05) is 49.6 Å². The van der Waals surface area contributed by atoms with Gasteiger partial charge in [0.1, 0.15) is 0 Å². The van der Waals surface area contributed by atoms with Gasteiger partial charge in [0.25, 0.3) is 0 Å². The lowest BCUT2D eigenvalue weighted by Crippen LogP contribution is -2.49. The van der Waals surface area contributed by atoms with Crippen LogP contribution >= 0.6 is 0 Å². The first kappa shape index (κ1) is 19.6. The van der Waals surface area contributed by atoms with E-state index in [1.807, 2.05) is 19.1 Å². The van der Waals surface area contributed by atoms with Gasteiger partial charge in [-0.15, -0.1) is 0 Å². The third-order valence-electron chi connectivity index (χ3n) is 7.20. The number of ketones is 1. The molecule has 0 aliphatic carbocycles. The quantitative estimate of drug-likeness (QED) is 0.699. The molecule has 30 heavy (non-hydrogen) atoms. The number of alkyl halides is 1. The fourth-order valence-corrected chi connectivity index (χ4v) is 5.51. The number of hydrogen-bond acceptors (Lipinski definition) is 4. The lowest BCUT2D eigenvalue weighted by atomic mass is 9.89. The van der Waals surface area contributed by atoms with E-state index in [1.165, 1.54) is 16.9 Å². The number of carbonyl (C=O) groups excluding carboxylic acids is 1. The minimum atomic E-state index is -1.43. The number of likely N-dealkylation sites (tertiary alicyclic amines) is 1. The number of rotatable bonds is 5. The molecule has 0 bridgehead atoms. The van der Waals surface area contributed by atoms with Gasteiger partial charge in [-0.3, -0.25) is 4.79 Å². The smallest absolute Gasteiger partial charge is 0.196 e. The standard InChI is InChI=1S/C25H30FN3O/c1-17-6-8-18(9-7-17)25(30)21(26)10-12-28-13-11-22-20(16-28)19-4-3-5-23-24(19)29(22)15-14-27(23)2/h3-9,20-22H,10-16H2,1-2H3/t20-,21?,22-/m0/s1. The molecule has 1 unspecified atom stereocenters.